The molecule has 0 spiro atoms. The van der Waals surface area contributed by atoms with Gasteiger partial charge in [-0.05, 0) is 22.9 Å². The summed E-state index contributed by atoms with van der Waals surface area (Å²) < 4.78 is 2.45. The van der Waals surface area contributed by atoms with E-state index < -0.39 is 0 Å². The van der Waals surface area contributed by atoms with Crippen LogP contribution >= 0.6 is 15.9 Å². The molecule has 5 heteroatoms. The number of hydrogen-bond acceptors (Lipinski definition) is 2. The lowest BCUT2D eigenvalue weighted by Gasteiger charge is -2.20. The Morgan fingerprint density at radius 3 is 3.25 bits per heavy atom. The lowest BCUT2D eigenvalue weighted by Crippen LogP contribution is -2.38. The van der Waals surface area contributed by atoms with Gasteiger partial charge in [-0.1, -0.05) is 0 Å². The van der Waals surface area contributed by atoms with Crippen LogP contribution in [-0.2, 0) is 0 Å². The summed E-state index contributed by atoms with van der Waals surface area (Å²) in [5.74, 6) is -0.0497. The fourth-order valence-corrected chi connectivity index (χ4v) is 1.68. The zero-order valence-electron chi connectivity index (χ0n) is 6.54. The average Bonchev–Trinajstić information content (AvgIpc) is 2.41. The topological polar surface area (TPSA) is 46.9 Å². The highest BCUT2D eigenvalue weighted by atomic mass is 79.9. The summed E-state index contributed by atoms with van der Waals surface area (Å²) in [6.07, 6.45) is 0. The van der Waals surface area contributed by atoms with Gasteiger partial charge in [0, 0.05) is 12.6 Å². The van der Waals surface area contributed by atoms with Gasteiger partial charge in [-0.25, -0.2) is 0 Å². The number of fused-ring (bicyclic) bond motifs is 1. The molecule has 1 aliphatic rings. The van der Waals surface area contributed by atoms with E-state index in [0.717, 1.165) is 0 Å². The molecule has 1 aromatic rings. The Bertz CT molecular complexity index is 333. The minimum absolute atomic E-state index is 0.0497. The fraction of sp³-hybridized carbons (Fsp3) is 0.429. The van der Waals surface area contributed by atoms with Crippen LogP contribution in [0.5, 0.6) is 0 Å². The van der Waals surface area contributed by atoms with Crippen molar-refractivity contribution in [3.8, 4) is 0 Å². The first-order valence-electron chi connectivity index (χ1n) is 3.72. The van der Waals surface area contributed by atoms with Gasteiger partial charge in [-0.2, -0.15) is 5.10 Å². The first kappa shape index (κ1) is 7.79. The normalized spacial score (nSPS) is 21.8. The minimum atomic E-state index is -0.0497. The van der Waals surface area contributed by atoms with Gasteiger partial charge >= 0.3 is 0 Å². The van der Waals surface area contributed by atoms with Crippen molar-refractivity contribution >= 4 is 21.8 Å². The molecule has 2 heterocycles. The van der Waals surface area contributed by atoms with Gasteiger partial charge < -0.3 is 5.32 Å². The maximum Gasteiger partial charge on any atom is 0.269 e. The molecule has 4 nitrogen and oxygen atoms in total. The number of hydrogen-bond donors (Lipinski definition) is 1. The van der Waals surface area contributed by atoms with Crippen molar-refractivity contribution in [3.05, 3.63) is 16.4 Å². The number of carbonyl (C=O) groups is 1. The molecule has 2 rings (SSSR count). The second-order valence-corrected chi connectivity index (χ2v) is 3.67. The zero-order valence-corrected chi connectivity index (χ0v) is 8.13. The van der Waals surface area contributed by atoms with Crippen molar-refractivity contribution in [2.75, 3.05) is 6.54 Å². The summed E-state index contributed by atoms with van der Waals surface area (Å²) in [4.78, 5) is 11.3. The number of halogens is 1. The third kappa shape index (κ3) is 1.04. The maximum atomic E-state index is 11.3. The average molecular weight is 230 g/mol. The van der Waals surface area contributed by atoms with Crippen molar-refractivity contribution in [1.29, 1.82) is 0 Å². The van der Waals surface area contributed by atoms with Gasteiger partial charge in [0.1, 0.15) is 10.3 Å². The summed E-state index contributed by atoms with van der Waals surface area (Å²) in [5.41, 5.74) is 0.626. The largest absolute Gasteiger partial charge is 0.349 e. The van der Waals surface area contributed by atoms with Crippen LogP contribution in [0.2, 0.25) is 0 Å². The number of nitrogens with zero attached hydrogens (tertiary/aromatic N) is 2. The highest BCUT2D eigenvalue weighted by Crippen LogP contribution is 2.18. The third-order valence-corrected chi connectivity index (χ3v) is 2.30. The first-order valence-corrected chi connectivity index (χ1v) is 4.51. The number of carbonyl (C=O) groups excluding carboxylic acids is 1. The van der Waals surface area contributed by atoms with E-state index in [1.807, 2.05) is 6.92 Å². The molecule has 1 aromatic heterocycles. The van der Waals surface area contributed by atoms with Crippen molar-refractivity contribution < 1.29 is 4.79 Å². The van der Waals surface area contributed by atoms with Crippen LogP contribution in [0, 0.1) is 0 Å². The summed E-state index contributed by atoms with van der Waals surface area (Å²) in [6.45, 7) is 2.67. The van der Waals surface area contributed by atoms with Crippen molar-refractivity contribution in [2.45, 2.75) is 13.0 Å². The predicted octanol–water partition coefficient (Wildman–Crippen LogP) is 0.950. The van der Waals surface area contributed by atoms with Crippen LogP contribution in [0.1, 0.15) is 23.5 Å². The minimum Gasteiger partial charge on any atom is -0.349 e. The van der Waals surface area contributed by atoms with Crippen LogP contribution in [0.15, 0.2) is 10.7 Å². The van der Waals surface area contributed by atoms with E-state index in [1.165, 1.54) is 0 Å². The van der Waals surface area contributed by atoms with E-state index in [2.05, 4.69) is 26.3 Å². The third-order valence-electron chi connectivity index (χ3n) is 1.91. The Balaban J connectivity index is 2.54. The summed E-state index contributed by atoms with van der Waals surface area (Å²) in [6, 6.07) is 1.97. The van der Waals surface area contributed by atoms with E-state index in [0.29, 0.717) is 16.8 Å². The molecule has 64 valence electrons. The molecule has 1 aliphatic heterocycles. The van der Waals surface area contributed by atoms with E-state index in [1.54, 1.807) is 10.7 Å². The van der Waals surface area contributed by atoms with E-state index in [4.69, 9.17) is 0 Å². The number of rotatable bonds is 0. The molecule has 1 unspecified atom stereocenters. The number of nitrogens with one attached hydrogen (secondary N) is 1. The molecule has 12 heavy (non-hydrogen) atoms. The standard InChI is InChI=1S/C7H8BrN3O/c1-4-3-9-7(12)5-2-6(8)10-11(4)5/h2,4H,3H2,1H3,(H,9,12). The van der Waals surface area contributed by atoms with Crippen molar-refractivity contribution in [1.82, 2.24) is 15.1 Å². The quantitative estimate of drug-likeness (QED) is 0.721. The molecule has 0 saturated heterocycles. The molecule has 0 saturated carbocycles. The van der Waals surface area contributed by atoms with Gasteiger partial charge in [0.25, 0.3) is 5.91 Å². The Kier molecular flexibility index (Phi) is 1.68. The zero-order chi connectivity index (χ0) is 8.72. The van der Waals surface area contributed by atoms with Crippen molar-refractivity contribution in [3.63, 3.8) is 0 Å². The van der Waals surface area contributed by atoms with Gasteiger partial charge in [0.15, 0.2) is 0 Å². The fourth-order valence-electron chi connectivity index (χ4n) is 1.29. The molecule has 0 aromatic carbocycles. The molecule has 0 bridgehead atoms. The SMILES string of the molecule is CC1CNC(=O)c2cc(Br)nn21. The number of amides is 1. The summed E-state index contributed by atoms with van der Waals surface area (Å²) >= 11 is 3.24. The van der Waals surface area contributed by atoms with Gasteiger partial charge in [-0.15, -0.1) is 0 Å². The summed E-state index contributed by atoms with van der Waals surface area (Å²) in [5, 5.41) is 6.94. The van der Waals surface area contributed by atoms with Crippen LogP contribution < -0.4 is 5.32 Å². The molecule has 0 aliphatic carbocycles. The molecule has 0 radical (unpaired) electrons. The van der Waals surface area contributed by atoms with E-state index in [-0.39, 0.29) is 11.9 Å². The molecular weight excluding hydrogens is 222 g/mol. The second-order valence-electron chi connectivity index (χ2n) is 2.86. The van der Waals surface area contributed by atoms with Crippen molar-refractivity contribution in [2.24, 2.45) is 0 Å². The van der Waals surface area contributed by atoms with E-state index >= 15 is 0 Å². The van der Waals surface area contributed by atoms with Crippen LogP contribution in [0.4, 0.5) is 0 Å². The Morgan fingerprint density at radius 2 is 2.58 bits per heavy atom. The highest BCUT2D eigenvalue weighted by molar-refractivity contribution is 9.10. The second kappa shape index (κ2) is 2.58. The monoisotopic (exact) mass is 229 g/mol. The Labute approximate surface area is 78.1 Å². The Morgan fingerprint density at radius 1 is 1.83 bits per heavy atom. The van der Waals surface area contributed by atoms with Crippen LogP contribution in [-0.4, -0.2) is 22.2 Å². The van der Waals surface area contributed by atoms with Gasteiger partial charge in [0.2, 0.25) is 0 Å². The maximum absolute atomic E-state index is 11.3. The molecule has 0 fully saturated rings. The van der Waals surface area contributed by atoms with Crippen LogP contribution in [0.25, 0.3) is 0 Å². The highest BCUT2D eigenvalue weighted by Gasteiger charge is 2.23. The predicted molar refractivity (Wildman–Crippen MR) is 47.0 cm³/mol. The summed E-state index contributed by atoms with van der Waals surface area (Å²) in [7, 11) is 0. The lowest BCUT2D eigenvalue weighted by molar-refractivity contribution is 0.0912. The first-order chi connectivity index (χ1) is 5.68. The smallest absolute Gasteiger partial charge is 0.269 e. The Hall–Kier alpha value is -0.840. The molecule has 1 atom stereocenters. The lowest BCUT2D eigenvalue weighted by atomic mass is 10.2. The van der Waals surface area contributed by atoms with Gasteiger partial charge in [0.05, 0.1) is 6.04 Å². The molecular formula is C7H8BrN3O. The number of aromatic nitrogens is 2. The molecule has 1 amide bonds. The van der Waals surface area contributed by atoms with E-state index in [9.17, 15) is 4.79 Å². The van der Waals surface area contributed by atoms with Gasteiger partial charge in [-0.3, -0.25) is 9.48 Å². The molecule has 1 N–H and O–H groups in total. The van der Waals surface area contributed by atoms with Crippen LogP contribution in [0.3, 0.4) is 0 Å².